The minimum atomic E-state index is -1.06. The maximum Gasteiger partial charge on any atom is 0.336 e. The number of rotatable bonds is 1. The first-order valence-electron chi connectivity index (χ1n) is 5.66. The molecule has 0 spiro atoms. The molecule has 0 unspecified atom stereocenters. The molecule has 0 aromatic heterocycles. The molecule has 1 aliphatic rings. The summed E-state index contributed by atoms with van der Waals surface area (Å²) in [6.45, 7) is 0. The van der Waals surface area contributed by atoms with E-state index in [1.807, 2.05) is 18.2 Å². The molecule has 1 aliphatic carbocycles. The Morgan fingerprint density at radius 2 is 1.72 bits per heavy atom. The monoisotopic (exact) mass is 238 g/mol. The number of carboxylic acids is 1. The number of carboxylic acid groups (broad SMARTS) is 1. The van der Waals surface area contributed by atoms with Crippen molar-refractivity contribution >= 4 is 11.8 Å². The molecule has 0 heterocycles. The van der Waals surface area contributed by atoms with E-state index in [0.717, 1.165) is 11.1 Å². The lowest BCUT2D eigenvalue weighted by molar-refractivity contribution is 0.0692. The van der Waals surface area contributed by atoms with E-state index in [9.17, 15) is 9.59 Å². The van der Waals surface area contributed by atoms with Crippen LogP contribution in [0.3, 0.4) is 0 Å². The van der Waals surface area contributed by atoms with Gasteiger partial charge in [-0.15, -0.1) is 0 Å². The van der Waals surface area contributed by atoms with Gasteiger partial charge in [0.05, 0.1) is 5.56 Å². The van der Waals surface area contributed by atoms with Crippen molar-refractivity contribution in [3.05, 3.63) is 70.3 Å². The van der Waals surface area contributed by atoms with Crippen molar-refractivity contribution in [2.24, 2.45) is 0 Å². The van der Waals surface area contributed by atoms with E-state index in [2.05, 4.69) is 0 Å². The Balaban J connectivity index is 2.26. The summed E-state index contributed by atoms with van der Waals surface area (Å²) in [4.78, 5) is 23.5. The van der Waals surface area contributed by atoms with Gasteiger partial charge >= 0.3 is 5.97 Å². The van der Waals surface area contributed by atoms with Crippen molar-refractivity contribution in [3.63, 3.8) is 0 Å². The highest BCUT2D eigenvalue weighted by Gasteiger charge is 2.27. The van der Waals surface area contributed by atoms with E-state index < -0.39 is 5.97 Å². The quantitative estimate of drug-likeness (QED) is 0.708. The van der Waals surface area contributed by atoms with E-state index >= 15 is 0 Å². The second-order valence-electron chi connectivity index (χ2n) is 4.31. The molecule has 3 nitrogen and oxygen atoms in total. The van der Waals surface area contributed by atoms with Gasteiger partial charge in [0.25, 0.3) is 0 Å². The molecule has 0 aliphatic heterocycles. The molecule has 0 saturated carbocycles. The number of ketones is 1. The van der Waals surface area contributed by atoms with Crippen molar-refractivity contribution in [2.45, 2.75) is 6.42 Å². The third kappa shape index (κ3) is 1.44. The van der Waals surface area contributed by atoms with Crippen molar-refractivity contribution in [2.75, 3.05) is 0 Å². The maximum absolute atomic E-state index is 12.4. The Bertz CT molecular complexity index is 671. The number of benzene rings is 2. The van der Waals surface area contributed by atoms with Gasteiger partial charge in [0.2, 0.25) is 0 Å². The van der Waals surface area contributed by atoms with Crippen LogP contribution in [0.5, 0.6) is 0 Å². The summed E-state index contributed by atoms with van der Waals surface area (Å²) in [6, 6.07) is 12.3. The zero-order chi connectivity index (χ0) is 12.7. The molecule has 3 rings (SSSR count). The third-order valence-corrected chi connectivity index (χ3v) is 3.25. The Labute approximate surface area is 104 Å². The predicted octanol–water partition coefficient (Wildman–Crippen LogP) is 2.52. The van der Waals surface area contributed by atoms with Crippen LogP contribution in [0.1, 0.15) is 37.4 Å². The smallest absolute Gasteiger partial charge is 0.336 e. The maximum atomic E-state index is 12.4. The lowest BCUT2D eigenvalue weighted by Gasteiger charge is -2.19. The molecular formula is C15H10O3. The van der Waals surface area contributed by atoms with Crippen LogP contribution >= 0.6 is 0 Å². The number of hydrogen-bond donors (Lipinski definition) is 1. The highest BCUT2D eigenvalue weighted by molar-refractivity contribution is 6.17. The number of carbonyl (C=O) groups is 2. The molecule has 3 heteroatoms. The molecule has 2 aromatic rings. The molecule has 1 N–H and O–H groups in total. The molecule has 0 radical (unpaired) electrons. The number of carbonyl (C=O) groups excluding carboxylic acids is 1. The summed E-state index contributed by atoms with van der Waals surface area (Å²) in [6.07, 6.45) is 0.609. The molecular weight excluding hydrogens is 228 g/mol. The summed E-state index contributed by atoms with van der Waals surface area (Å²) >= 11 is 0. The first kappa shape index (κ1) is 10.7. The minimum Gasteiger partial charge on any atom is -0.478 e. The van der Waals surface area contributed by atoms with Crippen molar-refractivity contribution < 1.29 is 14.7 Å². The summed E-state index contributed by atoms with van der Waals surface area (Å²) < 4.78 is 0. The van der Waals surface area contributed by atoms with Crippen LogP contribution in [0.25, 0.3) is 0 Å². The second-order valence-corrected chi connectivity index (χ2v) is 4.31. The lowest BCUT2D eigenvalue weighted by Crippen LogP contribution is -2.19. The largest absolute Gasteiger partial charge is 0.478 e. The van der Waals surface area contributed by atoms with Crippen molar-refractivity contribution in [1.82, 2.24) is 0 Å². The van der Waals surface area contributed by atoms with Gasteiger partial charge in [-0.1, -0.05) is 36.4 Å². The first-order valence-corrected chi connectivity index (χ1v) is 5.66. The minimum absolute atomic E-state index is 0.0898. The second kappa shape index (κ2) is 3.81. The molecule has 88 valence electrons. The van der Waals surface area contributed by atoms with Gasteiger partial charge in [0.1, 0.15) is 0 Å². The van der Waals surface area contributed by atoms with E-state index in [0.29, 0.717) is 17.5 Å². The number of fused-ring (bicyclic) bond motifs is 2. The molecule has 0 fully saturated rings. The zero-order valence-corrected chi connectivity index (χ0v) is 9.51. The van der Waals surface area contributed by atoms with Crippen molar-refractivity contribution in [1.29, 1.82) is 0 Å². The van der Waals surface area contributed by atoms with Gasteiger partial charge in [-0.3, -0.25) is 4.79 Å². The number of hydrogen-bond acceptors (Lipinski definition) is 2. The Morgan fingerprint density at radius 1 is 1.00 bits per heavy atom. The van der Waals surface area contributed by atoms with E-state index in [-0.39, 0.29) is 11.3 Å². The van der Waals surface area contributed by atoms with Crippen LogP contribution in [0.15, 0.2) is 42.5 Å². The first-order chi connectivity index (χ1) is 8.68. The summed E-state index contributed by atoms with van der Waals surface area (Å²) in [5.74, 6) is -1.25. The molecule has 0 atom stereocenters. The highest BCUT2D eigenvalue weighted by atomic mass is 16.4. The Hall–Kier alpha value is -2.42. The summed E-state index contributed by atoms with van der Waals surface area (Å²) in [7, 11) is 0. The fourth-order valence-electron chi connectivity index (χ4n) is 2.43. The third-order valence-electron chi connectivity index (χ3n) is 3.25. The molecule has 0 saturated heterocycles. The van der Waals surface area contributed by atoms with Crippen LogP contribution in [-0.2, 0) is 6.42 Å². The fraction of sp³-hybridized carbons (Fsp3) is 0.0667. The van der Waals surface area contributed by atoms with Crippen LogP contribution in [0.2, 0.25) is 0 Å². The number of aromatic carboxylic acids is 1. The topological polar surface area (TPSA) is 54.4 Å². The van der Waals surface area contributed by atoms with Gasteiger partial charge in [0, 0.05) is 11.1 Å². The molecule has 0 amide bonds. The van der Waals surface area contributed by atoms with Crippen LogP contribution in [0, 0.1) is 0 Å². The SMILES string of the molecule is O=C(O)c1cccc2c1C(=O)c1ccccc1C2. The Morgan fingerprint density at radius 3 is 2.50 bits per heavy atom. The van der Waals surface area contributed by atoms with Gasteiger partial charge in [-0.2, -0.15) is 0 Å². The summed E-state index contributed by atoms with van der Waals surface area (Å²) in [5, 5.41) is 9.15. The van der Waals surface area contributed by atoms with E-state index in [4.69, 9.17) is 5.11 Å². The van der Waals surface area contributed by atoms with Gasteiger partial charge in [0.15, 0.2) is 5.78 Å². The van der Waals surface area contributed by atoms with Crippen LogP contribution < -0.4 is 0 Å². The molecule has 18 heavy (non-hydrogen) atoms. The van der Waals surface area contributed by atoms with Crippen molar-refractivity contribution in [3.8, 4) is 0 Å². The van der Waals surface area contributed by atoms with Gasteiger partial charge < -0.3 is 5.11 Å². The average Bonchev–Trinajstić information content (AvgIpc) is 2.38. The summed E-state index contributed by atoms with van der Waals surface area (Å²) in [5.41, 5.74) is 2.78. The van der Waals surface area contributed by atoms with Gasteiger partial charge in [-0.05, 0) is 23.6 Å². The van der Waals surface area contributed by atoms with E-state index in [1.165, 1.54) is 6.07 Å². The fourth-order valence-corrected chi connectivity index (χ4v) is 2.43. The lowest BCUT2D eigenvalue weighted by atomic mass is 9.83. The highest BCUT2D eigenvalue weighted by Crippen LogP contribution is 2.29. The predicted molar refractivity (Wildman–Crippen MR) is 66.1 cm³/mol. The normalized spacial score (nSPS) is 12.8. The van der Waals surface area contributed by atoms with Crippen LogP contribution in [-0.4, -0.2) is 16.9 Å². The van der Waals surface area contributed by atoms with Crippen LogP contribution in [0.4, 0.5) is 0 Å². The average molecular weight is 238 g/mol. The molecule has 0 bridgehead atoms. The van der Waals surface area contributed by atoms with E-state index in [1.54, 1.807) is 18.2 Å². The standard InChI is InChI=1S/C15H10O3/c16-14-11-6-2-1-4-9(11)8-10-5-3-7-12(13(10)14)15(17)18/h1-7H,8H2,(H,17,18). The van der Waals surface area contributed by atoms with Gasteiger partial charge in [-0.25, -0.2) is 4.79 Å². The Kier molecular flexibility index (Phi) is 2.27. The zero-order valence-electron chi connectivity index (χ0n) is 9.51. The molecule has 2 aromatic carbocycles.